The van der Waals surface area contributed by atoms with E-state index in [0.29, 0.717) is 60.3 Å². The zero-order valence-electron chi connectivity index (χ0n) is 24.1. The Hall–Kier alpha value is -4.14. The number of Topliss-reactive ketones (excluding diaryl/α,β-unsaturated/α-hetero) is 1. The number of hydrogen-bond donors (Lipinski definition) is 0. The average molecular weight is 682 g/mol. The van der Waals surface area contributed by atoms with Crippen LogP contribution in [0.15, 0.2) is 83.4 Å². The Balaban J connectivity index is 1.11. The molecule has 2 heterocycles. The van der Waals surface area contributed by atoms with E-state index in [0.717, 1.165) is 6.42 Å². The minimum Gasteiger partial charge on any atom is -0.454 e. The van der Waals surface area contributed by atoms with Gasteiger partial charge in [0.15, 0.2) is 12.4 Å². The number of pyridine rings is 1. The van der Waals surface area contributed by atoms with E-state index >= 15 is 0 Å². The highest BCUT2D eigenvalue weighted by Crippen LogP contribution is 2.65. The zero-order chi connectivity index (χ0) is 31.1. The van der Waals surface area contributed by atoms with Crippen molar-refractivity contribution in [3.05, 3.63) is 105 Å². The van der Waals surface area contributed by atoms with E-state index < -0.39 is 12.6 Å². The number of halogens is 2. The molecule has 45 heavy (non-hydrogen) atoms. The van der Waals surface area contributed by atoms with Gasteiger partial charge in [0.2, 0.25) is 11.8 Å². The number of amides is 2. The van der Waals surface area contributed by atoms with Crippen LogP contribution in [0.25, 0.3) is 22.2 Å². The van der Waals surface area contributed by atoms with Crippen LogP contribution >= 0.6 is 27.5 Å². The first-order valence-electron chi connectivity index (χ1n) is 14.9. The number of benzene rings is 3. The number of allylic oxidation sites excluding steroid dienone is 2. The summed E-state index contributed by atoms with van der Waals surface area (Å²) in [6.07, 6.45) is 5.44. The molecule has 1 saturated heterocycles. The van der Waals surface area contributed by atoms with Crippen LogP contribution in [0.4, 0.5) is 5.69 Å². The van der Waals surface area contributed by atoms with Gasteiger partial charge < -0.3 is 4.74 Å². The number of aromatic nitrogens is 1. The molecule has 6 atom stereocenters. The molecule has 3 fully saturated rings. The lowest BCUT2D eigenvalue weighted by Gasteiger charge is -2.37. The van der Waals surface area contributed by atoms with Crippen molar-refractivity contribution in [2.24, 2.45) is 35.5 Å². The molecular formula is C36H26BrClN2O5. The van der Waals surface area contributed by atoms with Gasteiger partial charge in [-0.25, -0.2) is 9.78 Å². The molecule has 224 valence electrons. The van der Waals surface area contributed by atoms with Crippen LogP contribution in [0.5, 0.6) is 0 Å². The summed E-state index contributed by atoms with van der Waals surface area (Å²) in [6, 6.07) is 19.1. The van der Waals surface area contributed by atoms with Gasteiger partial charge in [-0.1, -0.05) is 66.2 Å². The number of ether oxygens (including phenoxy) is 1. The first-order valence-corrected chi connectivity index (χ1v) is 16.1. The van der Waals surface area contributed by atoms with Crippen molar-refractivity contribution in [1.82, 2.24) is 4.98 Å². The molecule has 2 saturated carbocycles. The van der Waals surface area contributed by atoms with Gasteiger partial charge in [-0.3, -0.25) is 19.3 Å². The number of nitrogens with zero attached hydrogens (tertiary/aromatic N) is 2. The maximum Gasteiger partial charge on any atom is 0.339 e. The lowest BCUT2D eigenvalue weighted by Crippen LogP contribution is -2.40. The highest BCUT2D eigenvalue weighted by molar-refractivity contribution is 9.10. The van der Waals surface area contributed by atoms with E-state index in [1.54, 1.807) is 66.7 Å². The Kier molecular flexibility index (Phi) is 6.59. The number of imide groups is 1. The van der Waals surface area contributed by atoms with E-state index in [1.165, 1.54) is 4.90 Å². The molecule has 4 aromatic rings. The Morgan fingerprint density at radius 1 is 0.956 bits per heavy atom. The molecule has 5 aliphatic rings. The second kappa shape index (κ2) is 10.5. The molecular weight excluding hydrogens is 656 g/mol. The second-order valence-electron chi connectivity index (χ2n) is 12.3. The second-order valence-corrected chi connectivity index (χ2v) is 13.6. The molecule has 9 heteroatoms. The van der Waals surface area contributed by atoms with E-state index in [4.69, 9.17) is 21.3 Å². The molecule has 6 unspecified atom stereocenters. The van der Waals surface area contributed by atoms with Gasteiger partial charge in [-0.2, -0.15) is 0 Å². The predicted octanol–water partition coefficient (Wildman–Crippen LogP) is 7.22. The number of anilines is 1. The molecule has 7 nitrogen and oxygen atoms in total. The molecule has 0 N–H and O–H groups in total. The van der Waals surface area contributed by atoms with Gasteiger partial charge in [0.1, 0.15) is 0 Å². The highest BCUT2D eigenvalue weighted by atomic mass is 79.9. The van der Waals surface area contributed by atoms with Crippen LogP contribution in [-0.2, 0) is 14.3 Å². The number of fused-ring (bicyclic) bond motifs is 1. The fourth-order valence-electron chi connectivity index (χ4n) is 7.69. The summed E-state index contributed by atoms with van der Waals surface area (Å²) in [5.74, 6) is -0.370. The van der Waals surface area contributed by atoms with Gasteiger partial charge in [0.25, 0.3) is 0 Å². The molecule has 1 aromatic heterocycles. The van der Waals surface area contributed by atoms with Crippen LogP contribution in [0, 0.1) is 42.4 Å². The lowest BCUT2D eigenvalue weighted by atomic mass is 9.63. The van der Waals surface area contributed by atoms with Crippen molar-refractivity contribution in [3.63, 3.8) is 0 Å². The Morgan fingerprint density at radius 2 is 1.60 bits per heavy atom. The first-order chi connectivity index (χ1) is 21.7. The van der Waals surface area contributed by atoms with Crippen molar-refractivity contribution >= 4 is 67.7 Å². The summed E-state index contributed by atoms with van der Waals surface area (Å²) in [7, 11) is 0. The Morgan fingerprint density at radius 3 is 2.24 bits per heavy atom. The third-order valence-electron chi connectivity index (χ3n) is 9.96. The van der Waals surface area contributed by atoms with Crippen molar-refractivity contribution in [1.29, 1.82) is 0 Å². The number of rotatable bonds is 6. The van der Waals surface area contributed by atoms with Crippen LogP contribution < -0.4 is 4.90 Å². The van der Waals surface area contributed by atoms with Crippen molar-refractivity contribution < 1.29 is 23.9 Å². The zero-order valence-corrected chi connectivity index (χ0v) is 26.4. The highest BCUT2D eigenvalue weighted by Gasteiger charge is 2.67. The van der Waals surface area contributed by atoms with Crippen LogP contribution in [0.1, 0.15) is 32.7 Å². The summed E-state index contributed by atoms with van der Waals surface area (Å²) in [5.41, 5.74) is 3.55. The maximum absolute atomic E-state index is 13.6. The predicted molar refractivity (Wildman–Crippen MR) is 173 cm³/mol. The largest absolute Gasteiger partial charge is 0.454 e. The van der Waals surface area contributed by atoms with Crippen LogP contribution in [0.3, 0.4) is 0 Å². The maximum atomic E-state index is 13.6. The van der Waals surface area contributed by atoms with E-state index in [1.807, 2.05) is 6.92 Å². The smallest absolute Gasteiger partial charge is 0.339 e. The van der Waals surface area contributed by atoms with Crippen molar-refractivity contribution in [2.75, 3.05) is 11.5 Å². The fraction of sp³-hybridized carbons (Fsp3) is 0.250. The van der Waals surface area contributed by atoms with Gasteiger partial charge in [-0.05, 0) is 82.8 Å². The minimum atomic E-state index is -0.671. The standard InChI is InChI=1S/C36H26BrClN2O5/c1-17-32(38)27(37)14-25-26(36(44)45-16-29(41)19-5-3-2-4-6-19)15-28(39-33(17)25)18-7-9-20(10-8-18)40-34(42)30-21-11-12-22(24-13-23(21)24)31(30)35(40)43/h2-12,14-15,21-24,30-31H,13,16H2,1H3. The van der Waals surface area contributed by atoms with Crippen molar-refractivity contribution in [2.45, 2.75) is 13.3 Å². The average Bonchev–Trinajstić information content (AvgIpc) is 3.85. The number of carbonyl (C=O) groups excluding carboxylic acids is 4. The monoisotopic (exact) mass is 680 g/mol. The number of esters is 1. The van der Waals surface area contributed by atoms with Crippen molar-refractivity contribution in [3.8, 4) is 11.3 Å². The number of hydrogen-bond acceptors (Lipinski definition) is 6. The third-order valence-corrected chi connectivity index (χ3v) is 11.3. The molecule has 0 spiro atoms. The number of carbonyl (C=O) groups is 4. The molecule has 2 bridgehead atoms. The van der Waals surface area contributed by atoms with Gasteiger partial charge in [0, 0.05) is 21.0 Å². The summed E-state index contributed by atoms with van der Waals surface area (Å²) < 4.78 is 6.09. The third kappa shape index (κ3) is 4.41. The quantitative estimate of drug-likeness (QED) is 0.0924. The molecule has 3 aromatic carbocycles. The van der Waals surface area contributed by atoms with E-state index in [9.17, 15) is 19.2 Å². The number of ketones is 1. The summed E-state index contributed by atoms with van der Waals surface area (Å²) in [4.78, 5) is 59.5. The van der Waals surface area contributed by atoms with E-state index in [2.05, 4.69) is 28.1 Å². The molecule has 9 rings (SSSR count). The first kappa shape index (κ1) is 28.3. The Bertz CT molecular complexity index is 1960. The van der Waals surface area contributed by atoms with Gasteiger partial charge in [-0.15, -0.1) is 0 Å². The molecule has 2 amide bonds. The van der Waals surface area contributed by atoms with Gasteiger partial charge >= 0.3 is 5.97 Å². The SMILES string of the molecule is Cc1c(Cl)c(Br)cc2c(C(=O)OCC(=O)c3ccccc3)cc(-c3ccc(N4C(=O)C5C6C=CC(C7CC67)C5C4=O)cc3)nc12. The molecule has 1 aliphatic heterocycles. The molecule has 4 aliphatic carbocycles. The van der Waals surface area contributed by atoms with Crippen LogP contribution in [-0.4, -0.2) is 35.2 Å². The Labute approximate surface area is 272 Å². The van der Waals surface area contributed by atoms with Gasteiger partial charge in [0.05, 0.1) is 39.3 Å². The summed E-state index contributed by atoms with van der Waals surface area (Å²) in [6.45, 7) is 1.41. The summed E-state index contributed by atoms with van der Waals surface area (Å²) >= 11 is 10.0. The normalized spacial score (nSPS) is 25.8. The number of aryl methyl sites for hydroxylation is 1. The lowest BCUT2D eigenvalue weighted by molar-refractivity contribution is -0.124. The van der Waals surface area contributed by atoms with Crippen LogP contribution in [0.2, 0.25) is 5.02 Å². The minimum absolute atomic E-state index is 0.114. The summed E-state index contributed by atoms with van der Waals surface area (Å²) in [5, 5.41) is 0.994. The molecule has 0 radical (unpaired) electrons. The van der Waals surface area contributed by atoms with E-state index in [-0.39, 0.29) is 46.8 Å². The fourth-order valence-corrected chi connectivity index (χ4v) is 8.36. The topological polar surface area (TPSA) is 93.6 Å².